The Morgan fingerprint density at radius 1 is 1.12 bits per heavy atom. The van der Waals surface area contributed by atoms with Gasteiger partial charge in [0.1, 0.15) is 0 Å². The van der Waals surface area contributed by atoms with E-state index < -0.39 is 0 Å². The molecule has 0 bridgehead atoms. The summed E-state index contributed by atoms with van der Waals surface area (Å²) in [6.45, 7) is 1.81. The van der Waals surface area contributed by atoms with Crippen LogP contribution in [0.5, 0.6) is 0 Å². The number of aryl methyl sites for hydroxylation is 1. The number of rotatable bonds is 2. The molecule has 0 amide bonds. The minimum Gasteiger partial charge on any atom is -0.380 e. The third kappa shape index (κ3) is 2.53. The van der Waals surface area contributed by atoms with E-state index in [4.69, 9.17) is 4.74 Å². The van der Waals surface area contributed by atoms with Gasteiger partial charge in [0.05, 0.1) is 6.61 Å². The van der Waals surface area contributed by atoms with Crippen LogP contribution in [0.1, 0.15) is 42.9 Å². The first-order chi connectivity index (χ1) is 8.43. The lowest BCUT2D eigenvalue weighted by atomic mass is 9.98. The summed E-state index contributed by atoms with van der Waals surface area (Å²) >= 11 is 0. The number of nitrogens with one attached hydrogen (secondary N) is 1. The molecular weight excluding hydrogens is 210 g/mol. The monoisotopic (exact) mass is 231 g/mol. The smallest absolute Gasteiger partial charge is 0.0620 e. The van der Waals surface area contributed by atoms with Gasteiger partial charge in [-0.05, 0) is 36.8 Å². The predicted octanol–water partition coefficient (Wildman–Crippen LogP) is 2.83. The van der Waals surface area contributed by atoms with Crippen LogP contribution < -0.4 is 5.32 Å². The van der Waals surface area contributed by atoms with Gasteiger partial charge >= 0.3 is 0 Å². The van der Waals surface area contributed by atoms with E-state index in [-0.39, 0.29) is 0 Å². The SMILES string of the molecule is c1ccc2c(c1)CCCCC2NC1CCOC1. The van der Waals surface area contributed by atoms with Crippen molar-refractivity contribution in [2.24, 2.45) is 0 Å². The highest BCUT2D eigenvalue weighted by Gasteiger charge is 2.23. The lowest BCUT2D eigenvalue weighted by molar-refractivity contribution is 0.187. The lowest BCUT2D eigenvalue weighted by Gasteiger charge is -2.22. The number of benzene rings is 1. The van der Waals surface area contributed by atoms with Crippen LogP contribution in [-0.2, 0) is 11.2 Å². The molecule has 1 saturated heterocycles. The van der Waals surface area contributed by atoms with Crippen LogP contribution in [0.4, 0.5) is 0 Å². The maximum atomic E-state index is 5.46. The van der Waals surface area contributed by atoms with Crippen LogP contribution in [0, 0.1) is 0 Å². The minimum atomic E-state index is 0.542. The Bertz CT molecular complexity index is 371. The molecule has 2 unspecified atom stereocenters. The van der Waals surface area contributed by atoms with Crippen molar-refractivity contribution in [2.45, 2.75) is 44.2 Å². The van der Waals surface area contributed by atoms with Gasteiger partial charge in [0.15, 0.2) is 0 Å². The number of fused-ring (bicyclic) bond motifs is 1. The Balaban J connectivity index is 1.78. The summed E-state index contributed by atoms with van der Waals surface area (Å²) in [5.41, 5.74) is 3.07. The molecule has 1 N–H and O–H groups in total. The number of ether oxygens (including phenoxy) is 1. The molecule has 1 fully saturated rings. The summed E-state index contributed by atoms with van der Waals surface area (Å²) in [6.07, 6.45) is 6.35. The van der Waals surface area contributed by atoms with E-state index in [0.717, 1.165) is 13.2 Å². The Morgan fingerprint density at radius 2 is 2.06 bits per heavy atom. The average Bonchev–Trinajstić information content (AvgIpc) is 2.78. The van der Waals surface area contributed by atoms with Gasteiger partial charge in [0.2, 0.25) is 0 Å². The lowest BCUT2D eigenvalue weighted by Crippen LogP contribution is -2.33. The molecule has 92 valence electrons. The van der Waals surface area contributed by atoms with Crippen molar-refractivity contribution in [3.63, 3.8) is 0 Å². The highest BCUT2D eigenvalue weighted by molar-refractivity contribution is 5.31. The molecule has 0 saturated carbocycles. The second kappa shape index (κ2) is 5.19. The highest BCUT2D eigenvalue weighted by Crippen LogP contribution is 2.29. The fourth-order valence-electron chi connectivity index (χ4n) is 3.04. The summed E-state index contributed by atoms with van der Waals surface area (Å²) in [4.78, 5) is 0. The second-order valence-electron chi connectivity index (χ2n) is 5.22. The third-order valence-electron chi connectivity index (χ3n) is 3.99. The molecule has 2 heteroatoms. The fourth-order valence-corrected chi connectivity index (χ4v) is 3.04. The second-order valence-corrected chi connectivity index (χ2v) is 5.22. The largest absolute Gasteiger partial charge is 0.380 e. The number of hydrogen-bond acceptors (Lipinski definition) is 2. The standard InChI is InChI=1S/C15H21NO/c1-3-7-14-12(5-1)6-2-4-8-15(14)16-13-9-10-17-11-13/h1,3,5,7,13,15-16H,2,4,6,8-11H2. The molecule has 2 aliphatic rings. The van der Waals surface area contributed by atoms with E-state index in [2.05, 4.69) is 29.6 Å². The Morgan fingerprint density at radius 3 is 2.94 bits per heavy atom. The van der Waals surface area contributed by atoms with Crippen LogP contribution in [0.25, 0.3) is 0 Å². The molecule has 3 rings (SSSR count). The van der Waals surface area contributed by atoms with E-state index in [1.54, 1.807) is 5.56 Å². The molecule has 1 aromatic rings. The molecule has 2 nitrogen and oxygen atoms in total. The first kappa shape index (κ1) is 11.2. The van der Waals surface area contributed by atoms with Gasteiger partial charge in [-0.2, -0.15) is 0 Å². The van der Waals surface area contributed by atoms with E-state index >= 15 is 0 Å². The quantitative estimate of drug-likeness (QED) is 0.790. The molecule has 1 aromatic carbocycles. The summed E-state index contributed by atoms with van der Waals surface area (Å²) in [5, 5.41) is 3.79. The van der Waals surface area contributed by atoms with Gasteiger partial charge in [-0.1, -0.05) is 30.7 Å². The fraction of sp³-hybridized carbons (Fsp3) is 0.600. The third-order valence-corrected chi connectivity index (χ3v) is 3.99. The predicted molar refractivity (Wildman–Crippen MR) is 69.1 cm³/mol. The van der Waals surface area contributed by atoms with Gasteiger partial charge in [-0.25, -0.2) is 0 Å². The summed E-state index contributed by atoms with van der Waals surface area (Å²) in [6, 6.07) is 10.0. The molecule has 1 heterocycles. The summed E-state index contributed by atoms with van der Waals surface area (Å²) < 4.78 is 5.46. The maximum Gasteiger partial charge on any atom is 0.0620 e. The van der Waals surface area contributed by atoms with Crippen molar-refractivity contribution in [3.05, 3.63) is 35.4 Å². The van der Waals surface area contributed by atoms with E-state index in [0.29, 0.717) is 12.1 Å². The molecular formula is C15H21NO. The first-order valence-electron chi connectivity index (χ1n) is 6.85. The van der Waals surface area contributed by atoms with Gasteiger partial charge in [-0.15, -0.1) is 0 Å². The van der Waals surface area contributed by atoms with Crippen LogP contribution in [0.2, 0.25) is 0 Å². The van der Waals surface area contributed by atoms with E-state index in [1.165, 1.54) is 37.7 Å². The average molecular weight is 231 g/mol. The van der Waals surface area contributed by atoms with Crippen LogP contribution in [0.3, 0.4) is 0 Å². The first-order valence-corrected chi connectivity index (χ1v) is 6.85. The van der Waals surface area contributed by atoms with Crippen molar-refractivity contribution in [1.29, 1.82) is 0 Å². The molecule has 0 radical (unpaired) electrons. The van der Waals surface area contributed by atoms with Crippen molar-refractivity contribution in [3.8, 4) is 0 Å². The molecule has 1 aliphatic carbocycles. The normalized spacial score (nSPS) is 28.7. The van der Waals surface area contributed by atoms with Crippen molar-refractivity contribution < 1.29 is 4.74 Å². The Kier molecular flexibility index (Phi) is 3.44. The molecule has 0 spiro atoms. The topological polar surface area (TPSA) is 21.3 Å². The number of hydrogen-bond donors (Lipinski definition) is 1. The van der Waals surface area contributed by atoms with Gasteiger partial charge in [-0.3, -0.25) is 0 Å². The van der Waals surface area contributed by atoms with Crippen molar-refractivity contribution in [2.75, 3.05) is 13.2 Å². The van der Waals surface area contributed by atoms with Crippen LogP contribution in [-0.4, -0.2) is 19.3 Å². The molecule has 1 aliphatic heterocycles. The molecule has 0 aromatic heterocycles. The minimum absolute atomic E-state index is 0.542. The van der Waals surface area contributed by atoms with E-state index in [9.17, 15) is 0 Å². The zero-order chi connectivity index (χ0) is 11.5. The maximum absolute atomic E-state index is 5.46. The van der Waals surface area contributed by atoms with E-state index in [1.807, 2.05) is 0 Å². The zero-order valence-corrected chi connectivity index (χ0v) is 10.3. The van der Waals surface area contributed by atoms with Gasteiger partial charge < -0.3 is 10.1 Å². The Labute approximate surface area is 103 Å². The van der Waals surface area contributed by atoms with Gasteiger partial charge in [0.25, 0.3) is 0 Å². The van der Waals surface area contributed by atoms with Crippen LogP contribution in [0.15, 0.2) is 24.3 Å². The zero-order valence-electron chi connectivity index (χ0n) is 10.3. The molecule has 2 atom stereocenters. The Hall–Kier alpha value is -0.860. The van der Waals surface area contributed by atoms with Gasteiger partial charge in [0, 0.05) is 18.7 Å². The highest BCUT2D eigenvalue weighted by atomic mass is 16.5. The van der Waals surface area contributed by atoms with Crippen LogP contribution >= 0.6 is 0 Å². The molecule has 17 heavy (non-hydrogen) atoms. The summed E-state index contributed by atoms with van der Waals surface area (Å²) in [7, 11) is 0. The van der Waals surface area contributed by atoms with Crippen molar-refractivity contribution in [1.82, 2.24) is 5.32 Å². The summed E-state index contributed by atoms with van der Waals surface area (Å²) in [5.74, 6) is 0. The van der Waals surface area contributed by atoms with Crippen molar-refractivity contribution >= 4 is 0 Å².